The maximum atomic E-state index is 12.3. The minimum atomic E-state index is -0.436. The van der Waals surface area contributed by atoms with Gasteiger partial charge in [-0.15, -0.1) is 0 Å². The number of halogens is 1. The number of aromatic amines is 1. The highest BCUT2D eigenvalue weighted by Crippen LogP contribution is 2.24. The lowest BCUT2D eigenvalue weighted by Crippen LogP contribution is -2.27. The SMILES string of the molecule is N#Cc1c[nH]c(C(=O)Nc2ccc(Cl)cc2C(=O)NC2CC2)c1. The lowest BCUT2D eigenvalue weighted by molar-refractivity contribution is 0.0952. The van der Waals surface area contributed by atoms with Crippen LogP contribution in [0.1, 0.15) is 39.3 Å². The molecule has 0 aliphatic heterocycles. The molecule has 1 aromatic heterocycles. The van der Waals surface area contributed by atoms with Crippen molar-refractivity contribution in [3.05, 3.63) is 52.3 Å². The van der Waals surface area contributed by atoms with Crippen molar-refractivity contribution in [3.63, 3.8) is 0 Å². The van der Waals surface area contributed by atoms with Crippen LogP contribution < -0.4 is 10.6 Å². The summed E-state index contributed by atoms with van der Waals surface area (Å²) in [7, 11) is 0. The molecule has 1 aliphatic carbocycles. The number of amides is 2. The van der Waals surface area contributed by atoms with Crippen LogP contribution in [0.2, 0.25) is 5.02 Å². The van der Waals surface area contributed by atoms with Crippen LogP contribution in [0, 0.1) is 11.3 Å². The second kappa shape index (κ2) is 6.15. The highest BCUT2D eigenvalue weighted by molar-refractivity contribution is 6.31. The van der Waals surface area contributed by atoms with Gasteiger partial charge in [-0.3, -0.25) is 9.59 Å². The predicted octanol–water partition coefficient (Wildman–Crippen LogP) is 2.68. The van der Waals surface area contributed by atoms with Gasteiger partial charge in [-0.1, -0.05) is 11.6 Å². The highest BCUT2D eigenvalue weighted by atomic mass is 35.5. The van der Waals surface area contributed by atoms with E-state index in [2.05, 4.69) is 15.6 Å². The van der Waals surface area contributed by atoms with Crippen molar-refractivity contribution in [1.29, 1.82) is 5.26 Å². The first-order valence-corrected chi connectivity index (χ1v) is 7.45. The molecule has 3 rings (SSSR count). The summed E-state index contributed by atoms with van der Waals surface area (Å²) in [4.78, 5) is 27.2. The van der Waals surface area contributed by atoms with Crippen molar-refractivity contribution in [2.24, 2.45) is 0 Å². The van der Waals surface area contributed by atoms with Gasteiger partial charge in [-0.2, -0.15) is 5.26 Å². The molecule has 0 radical (unpaired) electrons. The van der Waals surface area contributed by atoms with Gasteiger partial charge in [0.15, 0.2) is 0 Å². The molecule has 0 unspecified atom stereocenters. The summed E-state index contributed by atoms with van der Waals surface area (Å²) >= 11 is 5.95. The monoisotopic (exact) mass is 328 g/mol. The van der Waals surface area contributed by atoms with Crippen LogP contribution in [0.4, 0.5) is 5.69 Å². The molecule has 1 saturated carbocycles. The molecule has 1 heterocycles. The molecule has 1 fully saturated rings. The fraction of sp³-hybridized carbons (Fsp3) is 0.188. The normalized spacial score (nSPS) is 13.2. The van der Waals surface area contributed by atoms with Gasteiger partial charge in [0.1, 0.15) is 11.8 Å². The Bertz CT molecular complexity index is 818. The zero-order valence-electron chi connectivity index (χ0n) is 12.0. The molecule has 0 bridgehead atoms. The molecule has 2 aromatic rings. The maximum absolute atomic E-state index is 12.3. The molecule has 1 aromatic carbocycles. The Hall–Kier alpha value is -2.78. The zero-order chi connectivity index (χ0) is 16.4. The number of carbonyl (C=O) groups excluding carboxylic acids is 2. The molecule has 2 amide bonds. The van der Waals surface area contributed by atoms with Gasteiger partial charge in [0.05, 0.1) is 16.8 Å². The van der Waals surface area contributed by atoms with Crippen molar-refractivity contribution in [2.75, 3.05) is 5.32 Å². The van der Waals surface area contributed by atoms with Gasteiger partial charge in [-0.05, 0) is 37.1 Å². The average Bonchev–Trinajstić information content (AvgIpc) is 3.21. The number of benzene rings is 1. The van der Waals surface area contributed by atoms with E-state index in [1.807, 2.05) is 6.07 Å². The van der Waals surface area contributed by atoms with Crippen LogP contribution in [0.25, 0.3) is 0 Å². The van der Waals surface area contributed by atoms with E-state index in [9.17, 15) is 9.59 Å². The quantitative estimate of drug-likeness (QED) is 0.804. The Balaban J connectivity index is 1.82. The average molecular weight is 329 g/mol. The molecule has 0 atom stereocenters. The largest absolute Gasteiger partial charge is 0.356 e. The van der Waals surface area contributed by atoms with Crippen LogP contribution in [-0.4, -0.2) is 22.8 Å². The van der Waals surface area contributed by atoms with Crippen molar-refractivity contribution in [3.8, 4) is 6.07 Å². The van der Waals surface area contributed by atoms with E-state index >= 15 is 0 Å². The van der Waals surface area contributed by atoms with E-state index in [0.717, 1.165) is 12.8 Å². The van der Waals surface area contributed by atoms with Gasteiger partial charge in [-0.25, -0.2) is 0 Å². The first-order valence-electron chi connectivity index (χ1n) is 7.07. The third-order valence-electron chi connectivity index (χ3n) is 3.44. The van der Waals surface area contributed by atoms with E-state index in [0.29, 0.717) is 21.8 Å². The third kappa shape index (κ3) is 3.52. The number of hydrogen-bond acceptors (Lipinski definition) is 3. The van der Waals surface area contributed by atoms with E-state index in [4.69, 9.17) is 16.9 Å². The summed E-state index contributed by atoms with van der Waals surface area (Å²) in [5, 5.41) is 14.7. The Morgan fingerprint density at radius 2 is 2.04 bits per heavy atom. The van der Waals surface area contributed by atoms with Crippen LogP contribution >= 0.6 is 11.6 Å². The van der Waals surface area contributed by atoms with E-state index < -0.39 is 5.91 Å². The Morgan fingerprint density at radius 1 is 1.26 bits per heavy atom. The number of carbonyl (C=O) groups is 2. The summed E-state index contributed by atoms with van der Waals surface area (Å²) in [6, 6.07) is 8.27. The number of nitrogens with one attached hydrogen (secondary N) is 3. The summed E-state index contributed by atoms with van der Waals surface area (Å²) in [5.41, 5.74) is 1.28. The Morgan fingerprint density at radius 3 is 2.70 bits per heavy atom. The van der Waals surface area contributed by atoms with Crippen molar-refractivity contribution < 1.29 is 9.59 Å². The van der Waals surface area contributed by atoms with Crippen LogP contribution in [0.3, 0.4) is 0 Å². The van der Waals surface area contributed by atoms with E-state index in [1.165, 1.54) is 18.3 Å². The molecule has 3 N–H and O–H groups in total. The van der Waals surface area contributed by atoms with Crippen LogP contribution in [-0.2, 0) is 0 Å². The Labute approximate surface area is 137 Å². The molecule has 1 aliphatic rings. The number of H-pyrrole nitrogens is 1. The summed E-state index contributed by atoms with van der Waals surface area (Å²) < 4.78 is 0. The second-order valence-electron chi connectivity index (χ2n) is 5.31. The molecular weight excluding hydrogens is 316 g/mol. The molecule has 0 spiro atoms. The molecule has 6 nitrogen and oxygen atoms in total. The Kier molecular flexibility index (Phi) is 4.04. The molecule has 0 saturated heterocycles. The predicted molar refractivity (Wildman–Crippen MR) is 85.4 cm³/mol. The third-order valence-corrected chi connectivity index (χ3v) is 3.68. The number of nitrogens with zero attached hydrogens (tertiary/aromatic N) is 1. The molecular formula is C16H13ClN4O2. The fourth-order valence-corrected chi connectivity index (χ4v) is 2.26. The minimum Gasteiger partial charge on any atom is -0.356 e. The summed E-state index contributed by atoms with van der Waals surface area (Å²) in [5.74, 6) is -0.705. The van der Waals surface area contributed by atoms with Gasteiger partial charge >= 0.3 is 0 Å². The topological polar surface area (TPSA) is 97.8 Å². The van der Waals surface area contributed by atoms with E-state index in [1.54, 1.807) is 12.1 Å². The van der Waals surface area contributed by atoms with Gasteiger partial charge in [0, 0.05) is 17.3 Å². The lowest BCUT2D eigenvalue weighted by atomic mass is 10.1. The van der Waals surface area contributed by atoms with Gasteiger partial charge < -0.3 is 15.6 Å². The van der Waals surface area contributed by atoms with Crippen molar-refractivity contribution in [2.45, 2.75) is 18.9 Å². The summed E-state index contributed by atoms with van der Waals surface area (Å²) in [6.45, 7) is 0. The number of rotatable bonds is 4. The van der Waals surface area contributed by atoms with Gasteiger partial charge in [0.25, 0.3) is 11.8 Å². The minimum absolute atomic E-state index is 0.201. The van der Waals surface area contributed by atoms with Crippen molar-refractivity contribution >= 4 is 29.1 Å². The van der Waals surface area contributed by atoms with Gasteiger partial charge in [0.2, 0.25) is 0 Å². The first kappa shape index (κ1) is 15.1. The first-order chi connectivity index (χ1) is 11.1. The molecule has 116 valence electrons. The lowest BCUT2D eigenvalue weighted by Gasteiger charge is -2.11. The zero-order valence-corrected chi connectivity index (χ0v) is 12.8. The smallest absolute Gasteiger partial charge is 0.272 e. The number of nitriles is 1. The number of anilines is 1. The number of hydrogen-bond donors (Lipinski definition) is 3. The molecule has 7 heteroatoms. The van der Waals surface area contributed by atoms with Crippen molar-refractivity contribution in [1.82, 2.24) is 10.3 Å². The van der Waals surface area contributed by atoms with E-state index in [-0.39, 0.29) is 17.6 Å². The van der Waals surface area contributed by atoms with Crippen LogP contribution in [0.15, 0.2) is 30.5 Å². The summed E-state index contributed by atoms with van der Waals surface area (Å²) in [6.07, 6.45) is 3.37. The van der Waals surface area contributed by atoms with Crippen LogP contribution in [0.5, 0.6) is 0 Å². The highest BCUT2D eigenvalue weighted by Gasteiger charge is 2.25. The molecule has 23 heavy (non-hydrogen) atoms. The fourth-order valence-electron chi connectivity index (χ4n) is 2.08. The standard InChI is InChI=1S/C16H13ClN4O2/c17-10-1-4-13(12(6-10)15(22)20-11-2-3-11)21-16(23)14-5-9(7-18)8-19-14/h1,4-6,8,11,19H,2-3H2,(H,20,22)(H,21,23). The number of aromatic nitrogens is 1. The second-order valence-corrected chi connectivity index (χ2v) is 5.74. The maximum Gasteiger partial charge on any atom is 0.272 e.